The van der Waals surface area contributed by atoms with Crippen LogP contribution in [-0.4, -0.2) is 17.6 Å². The average molecular weight is 212 g/mol. The van der Waals surface area contributed by atoms with Crippen LogP contribution in [0.4, 0.5) is 4.39 Å². The molecule has 0 spiro atoms. The first-order valence-corrected chi connectivity index (χ1v) is 4.57. The van der Waals surface area contributed by atoms with Crippen LogP contribution in [0.1, 0.15) is 18.5 Å². The minimum Gasteiger partial charge on any atom is -0.508 e. The van der Waals surface area contributed by atoms with Gasteiger partial charge in [0, 0.05) is 5.56 Å². The fourth-order valence-electron chi connectivity index (χ4n) is 1.32. The Balaban J connectivity index is 3.09. The van der Waals surface area contributed by atoms with Crippen LogP contribution >= 0.6 is 0 Å². The molecule has 1 unspecified atom stereocenters. The van der Waals surface area contributed by atoms with Crippen LogP contribution in [0.5, 0.6) is 5.75 Å². The molecule has 1 aromatic carbocycles. The van der Waals surface area contributed by atoms with Crippen molar-refractivity contribution in [2.75, 3.05) is 6.54 Å². The highest BCUT2D eigenvalue weighted by Gasteiger charge is 2.20. The Hall–Kier alpha value is -1.62. The van der Waals surface area contributed by atoms with E-state index in [-0.39, 0.29) is 11.3 Å². The number of halogens is 1. The zero-order chi connectivity index (χ0) is 11.4. The lowest BCUT2D eigenvalue weighted by Crippen LogP contribution is -2.33. The molecule has 0 saturated heterocycles. The maximum atomic E-state index is 12.9. The molecule has 82 valence electrons. The molecule has 0 radical (unpaired) electrons. The van der Waals surface area contributed by atoms with Crippen LogP contribution in [0, 0.1) is 5.82 Å². The minimum absolute atomic E-state index is 0.152. The number of amides is 1. The second-order valence-electron chi connectivity index (χ2n) is 3.10. The molecule has 0 fully saturated rings. The van der Waals surface area contributed by atoms with Crippen molar-refractivity contribution in [1.82, 2.24) is 5.32 Å². The molecule has 0 bridgehead atoms. The maximum absolute atomic E-state index is 12.9. The summed E-state index contributed by atoms with van der Waals surface area (Å²) in [6.45, 7) is 2.27. The number of hydrogen-bond donors (Lipinski definition) is 3. The van der Waals surface area contributed by atoms with Gasteiger partial charge in [-0.2, -0.15) is 0 Å². The number of phenols is 1. The number of aromatic hydroxyl groups is 1. The number of rotatable bonds is 4. The predicted molar refractivity (Wildman–Crippen MR) is 53.7 cm³/mol. The third kappa shape index (κ3) is 2.66. The number of primary amides is 1. The van der Waals surface area contributed by atoms with Crippen LogP contribution in [0.15, 0.2) is 18.2 Å². The molecule has 1 aromatic rings. The van der Waals surface area contributed by atoms with Crippen LogP contribution in [-0.2, 0) is 4.79 Å². The first-order chi connectivity index (χ1) is 7.06. The van der Waals surface area contributed by atoms with E-state index in [0.29, 0.717) is 6.54 Å². The van der Waals surface area contributed by atoms with E-state index in [4.69, 9.17) is 5.73 Å². The Kier molecular flexibility index (Phi) is 3.62. The van der Waals surface area contributed by atoms with Crippen molar-refractivity contribution in [3.8, 4) is 5.75 Å². The summed E-state index contributed by atoms with van der Waals surface area (Å²) in [6.07, 6.45) is 0. The number of carbonyl (C=O) groups excluding carboxylic acids is 1. The average Bonchev–Trinajstić information content (AvgIpc) is 2.18. The Labute approximate surface area is 86.9 Å². The van der Waals surface area contributed by atoms with Gasteiger partial charge in [0.1, 0.15) is 17.6 Å². The molecule has 4 nitrogen and oxygen atoms in total. The van der Waals surface area contributed by atoms with E-state index in [9.17, 15) is 14.3 Å². The van der Waals surface area contributed by atoms with Gasteiger partial charge >= 0.3 is 0 Å². The largest absolute Gasteiger partial charge is 0.508 e. The third-order valence-electron chi connectivity index (χ3n) is 1.99. The Morgan fingerprint density at radius 2 is 2.33 bits per heavy atom. The SMILES string of the molecule is CCNC(C(N)=O)c1cc(F)ccc1O. The van der Waals surface area contributed by atoms with Crippen molar-refractivity contribution in [3.05, 3.63) is 29.6 Å². The number of likely N-dealkylation sites (N-methyl/N-ethyl adjacent to an activating group) is 1. The zero-order valence-corrected chi connectivity index (χ0v) is 8.33. The summed E-state index contributed by atoms with van der Waals surface area (Å²) in [7, 11) is 0. The molecule has 0 heterocycles. The lowest BCUT2D eigenvalue weighted by Gasteiger charge is -2.15. The van der Waals surface area contributed by atoms with E-state index in [1.165, 1.54) is 6.07 Å². The molecule has 0 aliphatic heterocycles. The number of phenolic OH excluding ortho intramolecular Hbond substituents is 1. The number of nitrogens with two attached hydrogens (primary N) is 1. The lowest BCUT2D eigenvalue weighted by atomic mass is 10.1. The van der Waals surface area contributed by atoms with Crippen molar-refractivity contribution in [3.63, 3.8) is 0 Å². The molecule has 0 aromatic heterocycles. The van der Waals surface area contributed by atoms with Crippen LogP contribution < -0.4 is 11.1 Å². The predicted octanol–water partition coefficient (Wildman–Crippen LogP) is 0.667. The number of hydrogen-bond acceptors (Lipinski definition) is 3. The van der Waals surface area contributed by atoms with Crippen molar-refractivity contribution < 1.29 is 14.3 Å². The Morgan fingerprint density at radius 3 is 2.87 bits per heavy atom. The summed E-state index contributed by atoms with van der Waals surface area (Å²) in [6, 6.07) is 2.53. The molecule has 0 saturated carbocycles. The van der Waals surface area contributed by atoms with Gasteiger partial charge in [-0.25, -0.2) is 4.39 Å². The first-order valence-electron chi connectivity index (χ1n) is 4.57. The van der Waals surface area contributed by atoms with E-state index >= 15 is 0 Å². The van der Waals surface area contributed by atoms with Gasteiger partial charge < -0.3 is 16.2 Å². The molecule has 4 N–H and O–H groups in total. The smallest absolute Gasteiger partial charge is 0.239 e. The summed E-state index contributed by atoms with van der Waals surface area (Å²) < 4.78 is 12.9. The Morgan fingerprint density at radius 1 is 1.67 bits per heavy atom. The second-order valence-corrected chi connectivity index (χ2v) is 3.10. The van der Waals surface area contributed by atoms with Gasteiger partial charge in [-0.3, -0.25) is 4.79 Å². The summed E-state index contributed by atoms with van der Waals surface area (Å²) in [5.41, 5.74) is 5.30. The van der Waals surface area contributed by atoms with Gasteiger partial charge in [0.2, 0.25) is 5.91 Å². The van der Waals surface area contributed by atoms with Gasteiger partial charge in [0.05, 0.1) is 0 Å². The standard InChI is InChI=1S/C10H13FN2O2/c1-2-13-9(10(12)15)7-5-6(11)3-4-8(7)14/h3-5,9,13-14H,2H2,1H3,(H2,12,15). The molecule has 1 atom stereocenters. The highest BCUT2D eigenvalue weighted by Crippen LogP contribution is 2.24. The van der Waals surface area contributed by atoms with Crippen LogP contribution in [0.3, 0.4) is 0 Å². The van der Waals surface area contributed by atoms with Crippen molar-refractivity contribution in [2.24, 2.45) is 5.73 Å². The summed E-state index contributed by atoms with van der Waals surface area (Å²) >= 11 is 0. The second kappa shape index (κ2) is 4.75. The molecule has 15 heavy (non-hydrogen) atoms. The molecular formula is C10H13FN2O2. The summed E-state index contributed by atoms with van der Waals surface area (Å²) in [5, 5.41) is 12.2. The minimum atomic E-state index is -0.870. The number of benzene rings is 1. The molecule has 0 aliphatic rings. The molecule has 0 aliphatic carbocycles. The first kappa shape index (κ1) is 11.5. The number of nitrogens with one attached hydrogen (secondary N) is 1. The van der Waals surface area contributed by atoms with Crippen molar-refractivity contribution in [1.29, 1.82) is 0 Å². The Bertz CT molecular complexity index is 368. The topological polar surface area (TPSA) is 75.3 Å². The van der Waals surface area contributed by atoms with E-state index < -0.39 is 17.8 Å². The third-order valence-corrected chi connectivity index (χ3v) is 1.99. The van der Waals surface area contributed by atoms with E-state index in [0.717, 1.165) is 12.1 Å². The number of carbonyl (C=O) groups is 1. The van der Waals surface area contributed by atoms with Crippen molar-refractivity contribution >= 4 is 5.91 Å². The normalized spacial score (nSPS) is 12.4. The lowest BCUT2D eigenvalue weighted by molar-refractivity contribution is -0.120. The van der Waals surface area contributed by atoms with E-state index in [2.05, 4.69) is 5.32 Å². The van der Waals surface area contributed by atoms with Gasteiger partial charge in [-0.1, -0.05) is 6.92 Å². The highest BCUT2D eigenvalue weighted by atomic mass is 19.1. The van der Waals surface area contributed by atoms with Crippen LogP contribution in [0.25, 0.3) is 0 Å². The molecule has 1 amide bonds. The quantitative estimate of drug-likeness (QED) is 0.686. The zero-order valence-electron chi connectivity index (χ0n) is 8.33. The molecule has 5 heteroatoms. The fourth-order valence-corrected chi connectivity index (χ4v) is 1.32. The van der Waals surface area contributed by atoms with Crippen molar-refractivity contribution in [2.45, 2.75) is 13.0 Å². The molecular weight excluding hydrogens is 199 g/mol. The van der Waals surface area contributed by atoms with Gasteiger partial charge in [-0.05, 0) is 24.7 Å². The molecule has 1 rings (SSSR count). The van der Waals surface area contributed by atoms with Gasteiger partial charge in [-0.15, -0.1) is 0 Å². The highest BCUT2D eigenvalue weighted by molar-refractivity contribution is 5.82. The van der Waals surface area contributed by atoms with Crippen LogP contribution in [0.2, 0.25) is 0 Å². The van der Waals surface area contributed by atoms with Gasteiger partial charge in [0.25, 0.3) is 0 Å². The van der Waals surface area contributed by atoms with E-state index in [1.807, 2.05) is 0 Å². The summed E-state index contributed by atoms with van der Waals surface area (Å²) in [5.74, 6) is -1.33. The van der Waals surface area contributed by atoms with E-state index in [1.54, 1.807) is 6.92 Å². The van der Waals surface area contributed by atoms with Gasteiger partial charge in [0.15, 0.2) is 0 Å². The monoisotopic (exact) mass is 212 g/mol. The maximum Gasteiger partial charge on any atom is 0.239 e. The fraction of sp³-hybridized carbons (Fsp3) is 0.300. The summed E-state index contributed by atoms with van der Waals surface area (Å²) in [4.78, 5) is 11.1.